The van der Waals surface area contributed by atoms with Gasteiger partial charge in [-0.25, -0.2) is 13.9 Å². The summed E-state index contributed by atoms with van der Waals surface area (Å²) in [6.45, 7) is 0.165. The van der Waals surface area contributed by atoms with Crippen molar-refractivity contribution in [3.8, 4) is 11.1 Å². The Hall–Kier alpha value is -2.26. The first kappa shape index (κ1) is 19.5. The predicted octanol–water partition coefficient (Wildman–Crippen LogP) is 1.67. The standard InChI is InChI=1S/C19H21NO6S/c21-13-14-2-1-3-16(12-14)15-4-6-17(7-5-15)27(24,25)19(18(22)20-23)8-10-26-11-9-19/h1-7,12,21,23H,8-11,13H2,(H,20,22). The first-order chi connectivity index (χ1) is 12.9. The molecule has 0 aromatic heterocycles. The summed E-state index contributed by atoms with van der Waals surface area (Å²) in [5, 5.41) is 18.3. The van der Waals surface area contributed by atoms with Gasteiger partial charge in [0.2, 0.25) is 0 Å². The SMILES string of the molecule is O=C(NO)C1(S(=O)(=O)c2ccc(-c3cccc(CO)c3)cc2)CCOCC1. The first-order valence-corrected chi connectivity index (χ1v) is 10.00. The molecule has 7 nitrogen and oxygen atoms in total. The summed E-state index contributed by atoms with van der Waals surface area (Å²) in [5.41, 5.74) is 3.89. The highest BCUT2D eigenvalue weighted by Gasteiger charge is 2.52. The third-order valence-corrected chi connectivity index (χ3v) is 7.45. The summed E-state index contributed by atoms with van der Waals surface area (Å²) in [6.07, 6.45) is -0.0515. The second kappa shape index (κ2) is 7.77. The molecule has 1 heterocycles. The number of hydrogen-bond donors (Lipinski definition) is 3. The molecule has 3 rings (SSSR count). The topological polar surface area (TPSA) is 113 Å². The summed E-state index contributed by atoms with van der Waals surface area (Å²) in [6, 6.07) is 13.5. The number of benzene rings is 2. The lowest BCUT2D eigenvalue weighted by molar-refractivity contribution is -0.134. The van der Waals surface area contributed by atoms with Gasteiger partial charge in [0.05, 0.1) is 11.5 Å². The van der Waals surface area contributed by atoms with Crippen molar-refractivity contribution in [1.82, 2.24) is 5.48 Å². The van der Waals surface area contributed by atoms with Gasteiger partial charge in [-0.2, -0.15) is 0 Å². The monoisotopic (exact) mass is 391 g/mol. The number of aliphatic hydroxyl groups is 1. The summed E-state index contributed by atoms with van der Waals surface area (Å²) < 4.78 is 29.8. The fourth-order valence-electron chi connectivity index (χ4n) is 3.32. The van der Waals surface area contributed by atoms with Crippen LogP contribution in [0.2, 0.25) is 0 Å². The fraction of sp³-hybridized carbons (Fsp3) is 0.316. The van der Waals surface area contributed by atoms with E-state index in [9.17, 15) is 18.3 Å². The highest BCUT2D eigenvalue weighted by Crippen LogP contribution is 2.36. The van der Waals surface area contributed by atoms with Gasteiger partial charge in [-0.3, -0.25) is 10.0 Å². The van der Waals surface area contributed by atoms with Gasteiger partial charge in [0.15, 0.2) is 14.6 Å². The van der Waals surface area contributed by atoms with Crippen molar-refractivity contribution in [2.24, 2.45) is 0 Å². The Kier molecular flexibility index (Phi) is 5.61. The van der Waals surface area contributed by atoms with Crippen molar-refractivity contribution in [2.45, 2.75) is 29.1 Å². The van der Waals surface area contributed by atoms with Crippen LogP contribution < -0.4 is 5.48 Å². The van der Waals surface area contributed by atoms with Gasteiger partial charge in [-0.1, -0.05) is 30.3 Å². The third kappa shape index (κ3) is 3.49. The van der Waals surface area contributed by atoms with Crippen LogP contribution in [0.3, 0.4) is 0 Å². The van der Waals surface area contributed by atoms with Gasteiger partial charge < -0.3 is 9.84 Å². The fourth-order valence-corrected chi connectivity index (χ4v) is 5.26. The molecule has 0 unspecified atom stereocenters. The van der Waals surface area contributed by atoms with Crippen molar-refractivity contribution in [3.63, 3.8) is 0 Å². The van der Waals surface area contributed by atoms with Crippen molar-refractivity contribution in [3.05, 3.63) is 54.1 Å². The number of carbonyl (C=O) groups is 1. The molecule has 1 fully saturated rings. The lowest BCUT2D eigenvalue weighted by Crippen LogP contribution is -2.54. The van der Waals surface area contributed by atoms with Gasteiger partial charge in [-0.15, -0.1) is 0 Å². The Morgan fingerprint density at radius 1 is 1.07 bits per heavy atom. The number of rotatable bonds is 5. The molecule has 1 aliphatic heterocycles. The highest BCUT2D eigenvalue weighted by molar-refractivity contribution is 7.93. The van der Waals surface area contributed by atoms with Crippen LogP contribution in [-0.2, 0) is 26.0 Å². The lowest BCUT2D eigenvalue weighted by atomic mass is 9.98. The minimum Gasteiger partial charge on any atom is -0.392 e. The molecular formula is C19H21NO6S. The van der Waals surface area contributed by atoms with Gasteiger partial charge in [-0.05, 0) is 47.7 Å². The van der Waals surface area contributed by atoms with Crippen molar-refractivity contribution in [2.75, 3.05) is 13.2 Å². The number of carbonyl (C=O) groups excluding carboxylic acids is 1. The molecule has 0 radical (unpaired) electrons. The van der Waals surface area contributed by atoms with E-state index in [2.05, 4.69) is 0 Å². The van der Waals surface area contributed by atoms with Crippen LogP contribution in [0, 0.1) is 0 Å². The molecule has 1 amide bonds. The van der Waals surface area contributed by atoms with Crippen LogP contribution in [0.5, 0.6) is 0 Å². The van der Waals surface area contributed by atoms with E-state index >= 15 is 0 Å². The van der Waals surface area contributed by atoms with E-state index in [0.717, 1.165) is 16.7 Å². The van der Waals surface area contributed by atoms with E-state index in [0.29, 0.717) is 0 Å². The minimum absolute atomic E-state index is 0.00932. The average Bonchev–Trinajstić information content (AvgIpc) is 2.73. The Morgan fingerprint density at radius 2 is 1.74 bits per heavy atom. The molecule has 0 bridgehead atoms. The summed E-state index contributed by atoms with van der Waals surface area (Å²) >= 11 is 0. The molecule has 27 heavy (non-hydrogen) atoms. The third-order valence-electron chi connectivity index (χ3n) is 4.94. The van der Waals surface area contributed by atoms with Gasteiger partial charge in [0.1, 0.15) is 0 Å². The number of nitrogens with one attached hydrogen (secondary N) is 1. The molecule has 3 N–H and O–H groups in total. The Bertz CT molecular complexity index is 917. The zero-order chi connectivity index (χ0) is 19.5. The normalized spacial score (nSPS) is 16.7. The molecular weight excluding hydrogens is 370 g/mol. The molecule has 0 atom stereocenters. The number of sulfone groups is 1. The zero-order valence-electron chi connectivity index (χ0n) is 14.6. The molecule has 0 saturated carbocycles. The Labute approximate surface area is 157 Å². The van der Waals surface area contributed by atoms with Crippen LogP contribution in [-0.4, -0.2) is 42.6 Å². The van der Waals surface area contributed by atoms with Gasteiger partial charge >= 0.3 is 0 Å². The van der Waals surface area contributed by atoms with E-state index in [1.165, 1.54) is 17.6 Å². The second-order valence-corrected chi connectivity index (χ2v) is 8.69. The molecule has 1 saturated heterocycles. The first-order valence-electron chi connectivity index (χ1n) is 8.52. The number of amides is 1. The van der Waals surface area contributed by atoms with E-state index < -0.39 is 20.5 Å². The maximum absolute atomic E-state index is 13.2. The molecule has 2 aromatic rings. The highest BCUT2D eigenvalue weighted by atomic mass is 32.2. The van der Waals surface area contributed by atoms with Crippen LogP contribution >= 0.6 is 0 Å². The number of hydrogen-bond acceptors (Lipinski definition) is 6. The predicted molar refractivity (Wildman–Crippen MR) is 97.7 cm³/mol. The zero-order valence-corrected chi connectivity index (χ0v) is 15.4. The summed E-state index contributed by atoms with van der Waals surface area (Å²) in [7, 11) is -4.04. The van der Waals surface area contributed by atoms with Crippen LogP contribution in [0.15, 0.2) is 53.4 Å². The maximum atomic E-state index is 13.2. The van der Waals surface area contributed by atoms with Crippen LogP contribution in [0.25, 0.3) is 11.1 Å². The second-order valence-electron chi connectivity index (χ2n) is 6.43. The Morgan fingerprint density at radius 3 is 2.33 bits per heavy atom. The van der Waals surface area contributed by atoms with Crippen molar-refractivity contribution in [1.29, 1.82) is 0 Å². The molecule has 0 aliphatic carbocycles. The van der Waals surface area contributed by atoms with Gasteiger partial charge in [0.25, 0.3) is 5.91 Å². The van der Waals surface area contributed by atoms with Crippen molar-refractivity contribution < 1.29 is 28.3 Å². The van der Waals surface area contributed by atoms with Crippen molar-refractivity contribution >= 4 is 15.7 Å². The number of ether oxygens (including phenoxy) is 1. The summed E-state index contributed by atoms with van der Waals surface area (Å²) in [4.78, 5) is 12.3. The van der Waals surface area contributed by atoms with Gasteiger partial charge in [0, 0.05) is 13.2 Å². The molecule has 2 aromatic carbocycles. The molecule has 1 aliphatic rings. The number of aliphatic hydroxyl groups excluding tert-OH is 1. The van der Waals surface area contributed by atoms with Crippen LogP contribution in [0.4, 0.5) is 0 Å². The van der Waals surface area contributed by atoms with E-state index in [1.807, 2.05) is 18.2 Å². The van der Waals surface area contributed by atoms with Crippen LogP contribution in [0.1, 0.15) is 18.4 Å². The lowest BCUT2D eigenvalue weighted by Gasteiger charge is -2.34. The molecule has 144 valence electrons. The van der Waals surface area contributed by atoms with E-state index in [1.54, 1.807) is 18.2 Å². The smallest absolute Gasteiger partial charge is 0.265 e. The summed E-state index contributed by atoms with van der Waals surface area (Å²) in [5.74, 6) is -0.939. The maximum Gasteiger partial charge on any atom is 0.265 e. The number of hydroxylamine groups is 1. The quantitative estimate of drug-likeness (QED) is 0.528. The van der Waals surface area contributed by atoms with E-state index in [4.69, 9.17) is 9.94 Å². The molecule has 0 spiro atoms. The largest absolute Gasteiger partial charge is 0.392 e. The average molecular weight is 391 g/mol. The minimum atomic E-state index is -4.04. The Balaban J connectivity index is 1.98. The molecule has 8 heteroatoms. The van der Waals surface area contributed by atoms with E-state index in [-0.39, 0.29) is 37.6 Å².